The van der Waals surface area contributed by atoms with Crippen molar-refractivity contribution in [2.75, 3.05) is 6.61 Å². The number of carbonyl (C=O) groups is 1. The number of halogens is 2. The lowest BCUT2D eigenvalue weighted by atomic mass is 9.78. The van der Waals surface area contributed by atoms with E-state index in [0.717, 1.165) is 6.07 Å². The lowest BCUT2D eigenvalue weighted by Crippen LogP contribution is -2.43. The van der Waals surface area contributed by atoms with E-state index in [1.165, 1.54) is 12.1 Å². The highest BCUT2D eigenvalue weighted by molar-refractivity contribution is 5.69. The maximum absolute atomic E-state index is 13.4. The van der Waals surface area contributed by atoms with Gasteiger partial charge in [0.2, 0.25) is 0 Å². The minimum atomic E-state index is -1.11. The number of hydrogen-bond donors (Lipinski definition) is 2. The third-order valence-electron chi connectivity index (χ3n) is 4.17. The molecule has 1 unspecified atom stereocenters. The first-order valence-electron chi connectivity index (χ1n) is 7.49. The van der Waals surface area contributed by atoms with E-state index in [2.05, 4.69) is 5.32 Å². The predicted octanol–water partition coefficient (Wildman–Crippen LogP) is 4.36. The van der Waals surface area contributed by atoms with Gasteiger partial charge in [-0.05, 0) is 29.3 Å². The molecule has 3 rings (SSSR count). The summed E-state index contributed by atoms with van der Waals surface area (Å²) in [6.45, 7) is 4.14. The van der Waals surface area contributed by atoms with Gasteiger partial charge >= 0.3 is 6.09 Å². The lowest BCUT2D eigenvalue weighted by molar-refractivity contribution is 0.0996. The van der Waals surface area contributed by atoms with Gasteiger partial charge in [-0.1, -0.05) is 26.0 Å². The zero-order chi connectivity index (χ0) is 17.5. The molecule has 1 amide bonds. The molecular formula is C18H17F2NO3. The number of nitrogens with one attached hydrogen (secondary N) is 1. The Morgan fingerprint density at radius 1 is 1.17 bits per heavy atom. The molecule has 4 nitrogen and oxygen atoms in total. The fourth-order valence-electron chi connectivity index (χ4n) is 2.96. The van der Waals surface area contributed by atoms with Gasteiger partial charge in [0.15, 0.2) is 0 Å². The molecule has 6 heteroatoms. The largest absolute Gasteiger partial charge is 0.493 e. The van der Waals surface area contributed by atoms with E-state index in [-0.39, 0.29) is 0 Å². The van der Waals surface area contributed by atoms with Gasteiger partial charge in [0.1, 0.15) is 17.4 Å². The van der Waals surface area contributed by atoms with Crippen molar-refractivity contribution in [2.24, 2.45) is 5.41 Å². The second kappa shape index (κ2) is 5.78. The average Bonchev–Trinajstić information content (AvgIpc) is 2.48. The SMILES string of the molecule is CC1(C)COc2cc(-c3cc(F)cc(F)c3)ccc2C1NC(=O)O. The highest BCUT2D eigenvalue weighted by Gasteiger charge is 2.38. The summed E-state index contributed by atoms with van der Waals surface area (Å²) in [7, 11) is 0. The quantitative estimate of drug-likeness (QED) is 0.858. The van der Waals surface area contributed by atoms with Crippen LogP contribution in [0.2, 0.25) is 0 Å². The minimum absolute atomic E-state index is 0.325. The summed E-state index contributed by atoms with van der Waals surface area (Å²) in [5, 5.41) is 11.6. The van der Waals surface area contributed by atoms with Crippen molar-refractivity contribution < 1.29 is 23.4 Å². The third kappa shape index (κ3) is 3.04. The van der Waals surface area contributed by atoms with Crippen molar-refractivity contribution in [3.63, 3.8) is 0 Å². The lowest BCUT2D eigenvalue weighted by Gasteiger charge is -2.39. The summed E-state index contributed by atoms with van der Waals surface area (Å²) >= 11 is 0. The van der Waals surface area contributed by atoms with Crippen LogP contribution in [-0.2, 0) is 0 Å². The molecule has 0 spiro atoms. The molecule has 1 aliphatic rings. The van der Waals surface area contributed by atoms with Crippen molar-refractivity contribution in [1.29, 1.82) is 0 Å². The standard InChI is InChI=1S/C18H17F2NO3/c1-18(2)9-24-15-7-10(11-5-12(19)8-13(20)6-11)3-4-14(15)16(18)21-17(22)23/h3-8,16,21H,9H2,1-2H3,(H,22,23). The summed E-state index contributed by atoms with van der Waals surface area (Å²) in [6.07, 6.45) is -1.11. The van der Waals surface area contributed by atoms with Gasteiger partial charge in [0, 0.05) is 17.0 Å². The van der Waals surface area contributed by atoms with Crippen LogP contribution in [0.3, 0.4) is 0 Å². The van der Waals surface area contributed by atoms with Crippen LogP contribution >= 0.6 is 0 Å². The number of amides is 1. The van der Waals surface area contributed by atoms with Crippen LogP contribution in [-0.4, -0.2) is 17.8 Å². The zero-order valence-corrected chi connectivity index (χ0v) is 13.3. The molecule has 0 radical (unpaired) electrons. The van der Waals surface area contributed by atoms with Crippen LogP contribution in [0.5, 0.6) is 5.75 Å². The topological polar surface area (TPSA) is 58.6 Å². The first kappa shape index (κ1) is 16.2. The third-order valence-corrected chi connectivity index (χ3v) is 4.17. The van der Waals surface area contributed by atoms with Gasteiger partial charge in [0.05, 0.1) is 12.6 Å². The van der Waals surface area contributed by atoms with Gasteiger partial charge in [0.25, 0.3) is 0 Å². The molecule has 0 aromatic heterocycles. The van der Waals surface area contributed by atoms with Gasteiger partial charge in [-0.2, -0.15) is 0 Å². The Kier molecular flexibility index (Phi) is 3.91. The molecule has 24 heavy (non-hydrogen) atoms. The average molecular weight is 333 g/mol. The highest BCUT2D eigenvalue weighted by atomic mass is 19.1. The van der Waals surface area contributed by atoms with Crippen molar-refractivity contribution in [3.05, 3.63) is 53.6 Å². The maximum Gasteiger partial charge on any atom is 0.405 e. The Bertz CT molecular complexity index is 785. The van der Waals surface area contributed by atoms with Crippen LogP contribution in [0.15, 0.2) is 36.4 Å². The van der Waals surface area contributed by atoms with Crippen LogP contribution in [0, 0.1) is 17.0 Å². The maximum atomic E-state index is 13.4. The Labute approximate surface area is 138 Å². The summed E-state index contributed by atoms with van der Waals surface area (Å²) in [6, 6.07) is 7.97. The summed E-state index contributed by atoms with van der Waals surface area (Å²) < 4.78 is 32.6. The van der Waals surface area contributed by atoms with E-state index in [1.807, 2.05) is 13.8 Å². The normalized spacial score (nSPS) is 18.4. The molecule has 1 atom stereocenters. The van der Waals surface area contributed by atoms with Gasteiger partial charge in [-0.15, -0.1) is 0 Å². The molecule has 1 aliphatic heterocycles. The minimum Gasteiger partial charge on any atom is -0.493 e. The van der Waals surface area contributed by atoms with Crippen molar-refractivity contribution in [2.45, 2.75) is 19.9 Å². The number of hydrogen-bond acceptors (Lipinski definition) is 2. The van der Waals surface area contributed by atoms with Gasteiger partial charge < -0.3 is 15.2 Å². The molecule has 2 aromatic rings. The van der Waals surface area contributed by atoms with Crippen molar-refractivity contribution in [3.8, 4) is 16.9 Å². The monoisotopic (exact) mass is 333 g/mol. The van der Waals surface area contributed by atoms with Crippen molar-refractivity contribution in [1.82, 2.24) is 5.32 Å². The molecule has 2 N–H and O–H groups in total. The van der Waals surface area contributed by atoms with E-state index in [1.54, 1.807) is 18.2 Å². The fourth-order valence-corrected chi connectivity index (χ4v) is 2.96. The van der Waals surface area contributed by atoms with Crippen LogP contribution in [0.25, 0.3) is 11.1 Å². The van der Waals surface area contributed by atoms with E-state index in [4.69, 9.17) is 9.84 Å². The number of carboxylic acid groups (broad SMARTS) is 1. The number of benzene rings is 2. The Balaban J connectivity index is 2.04. The molecule has 0 fully saturated rings. The molecule has 1 heterocycles. The Morgan fingerprint density at radius 2 is 1.83 bits per heavy atom. The summed E-state index contributed by atoms with van der Waals surface area (Å²) in [5.41, 5.74) is 1.28. The molecule has 0 saturated carbocycles. The predicted molar refractivity (Wildman–Crippen MR) is 85.0 cm³/mol. The molecule has 2 aromatic carbocycles. The number of fused-ring (bicyclic) bond motifs is 1. The number of rotatable bonds is 2. The van der Waals surface area contributed by atoms with Crippen LogP contribution < -0.4 is 10.1 Å². The van der Waals surface area contributed by atoms with E-state index >= 15 is 0 Å². The van der Waals surface area contributed by atoms with E-state index in [0.29, 0.717) is 29.0 Å². The fraction of sp³-hybridized carbons (Fsp3) is 0.278. The Hall–Kier alpha value is -2.63. The smallest absolute Gasteiger partial charge is 0.405 e. The first-order valence-corrected chi connectivity index (χ1v) is 7.49. The second-order valence-corrected chi connectivity index (χ2v) is 6.57. The molecule has 0 bridgehead atoms. The molecular weight excluding hydrogens is 316 g/mol. The van der Waals surface area contributed by atoms with Crippen LogP contribution in [0.1, 0.15) is 25.5 Å². The van der Waals surface area contributed by atoms with E-state index < -0.39 is 29.2 Å². The van der Waals surface area contributed by atoms with E-state index in [9.17, 15) is 13.6 Å². The summed E-state index contributed by atoms with van der Waals surface area (Å²) in [4.78, 5) is 11.1. The first-order chi connectivity index (χ1) is 11.3. The second-order valence-electron chi connectivity index (χ2n) is 6.57. The number of ether oxygens (including phenoxy) is 1. The molecule has 0 saturated heterocycles. The van der Waals surface area contributed by atoms with Crippen LogP contribution in [0.4, 0.5) is 13.6 Å². The van der Waals surface area contributed by atoms with Gasteiger partial charge in [-0.25, -0.2) is 13.6 Å². The summed E-state index contributed by atoms with van der Waals surface area (Å²) in [5.74, 6) is -0.805. The van der Waals surface area contributed by atoms with Crippen molar-refractivity contribution >= 4 is 6.09 Å². The molecule has 126 valence electrons. The molecule has 0 aliphatic carbocycles. The highest BCUT2D eigenvalue weighted by Crippen LogP contribution is 2.44. The van der Waals surface area contributed by atoms with Gasteiger partial charge in [-0.3, -0.25) is 0 Å². The zero-order valence-electron chi connectivity index (χ0n) is 13.3. The Morgan fingerprint density at radius 3 is 2.46 bits per heavy atom.